The van der Waals surface area contributed by atoms with Crippen molar-refractivity contribution in [3.05, 3.63) is 58.9 Å². The molecule has 20 heavy (non-hydrogen) atoms. The molecule has 0 atom stereocenters. The van der Waals surface area contributed by atoms with Crippen molar-refractivity contribution in [2.75, 3.05) is 6.54 Å². The summed E-state index contributed by atoms with van der Waals surface area (Å²) in [6.45, 7) is 8.41. The number of ether oxygens (including phenoxy) is 1. The zero-order valence-electron chi connectivity index (χ0n) is 12.4. The summed E-state index contributed by atoms with van der Waals surface area (Å²) in [5, 5.41) is 3.30. The number of nitrogens with zero attached hydrogens (tertiary/aromatic N) is 1. The van der Waals surface area contributed by atoms with E-state index in [1.807, 2.05) is 19.1 Å². The van der Waals surface area contributed by atoms with Gasteiger partial charge in [-0.1, -0.05) is 36.8 Å². The molecule has 0 amide bonds. The number of pyridine rings is 1. The molecule has 1 aromatic heterocycles. The van der Waals surface area contributed by atoms with Gasteiger partial charge in [-0.05, 0) is 38.1 Å². The van der Waals surface area contributed by atoms with Crippen molar-refractivity contribution >= 4 is 0 Å². The first-order valence-electron chi connectivity index (χ1n) is 7.04. The van der Waals surface area contributed by atoms with E-state index in [1.54, 1.807) is 0 Å². The van der Waals surface area contributed by atoms with Gasteiger partial charge in [-0.2, -0.15) is 0 Å². The van der Waals surface area contributed by atoms with E-state index < -0.39 is 0 Å². The van der Waals surface area contributed by atoms with Gasteiger partial charge in [0.2, 0.25) is 0 Å². The minimum absolute atomic E-state index is 0.574. The van der Waals surface area contributed by atoms with Crippen molar-refractivity contribution in [3.63, 3.8) is 0 Å². The van der Waals surface area contributed by atoms with Gasteiger partial charge in [-0.15, -0.1) is 0 Å². The van der Waals surface area contributed by atoms with Gasteiger partial charge < -0.3 is 10.1 Å². The Bertz CT molecular complexity index is 549. The number of aryl methyl sites for hydroxylation is 2. The molecule has 1 heterocycles. The first kappa shape index (κ1) is 14.5. The molecule has 0 saturated carbocycles. The van der Waals surface area contributed by atoms with Crippen LogP contribution < -0.4 is 10.1 Å². The summed E-state index contributed by atoms with van der Waals surface area (Å²) < 4.78 is 5.91. The molecular formula is C17H22N2O. The standard InChI is InChI=1S/C17H22N2O/c1-4-18-11-16-17(10-7-14(3)19-16)20-12-15-8-5-13(2)6-9-15/h5-10,18H,4,11-12H2,1-3H3. The average molecular weight is 270 g/mol. The normalized spacial score (nSPS) is 10.6. The smallest absolute Gasteiger partial charge is 0.142 e. The van der Waals surface area contributed by atoms with Crippen LogP contribution in [0.25, 0.3) is 0 Å². The van der Waals surface area contributed by atoms with Crippen LogP contribution in [0, 0.1) is 13.8 Å². The van der Waals surface area contributed by atoms with E-state index in [4.69, 9.17) is 4.74 Å². The fraction of sp³-hybridized carbons (Fsp3) is 0.353. The van der Waals surface area contributed by atoms with E-state index in [0.29, 0.717) is 6.61 Å². The summed E-state index contributed by atoms with van der Waals surface area (Å²) in [6, 6.07) is 12.4. The molecule has 0 aliphatic heterocycles. The fourth-order valence-electron chi connectivity index (χ4n) is 1.94. The average Bonchev–Trinajstić information content (AvgIpc) is 2.46. The molecule has 0 fully saturated rings. The minimum Gasteiger partial charge on any atom is -0.487 e. The predicted octanol–water partition coefficient (Wildman–Crippen LogP) is 3.39. The van der Waals surface area contributed by atoms with E-state index in [9.17, 15) is 0 Å². The number of nitrogens with one attached hydrogen (secondary N) is 1. The Morgan fingerprint density at radius 1 is 1.05 bits per heavy atom. The van der Waals surface area contributed by atoms with Crippen LogP contribution in [0.2, 0.25) is 0 Å². The molecule has 2 aromatic rings. The lowest BCUT2D eigenvalue weighted by Crippen LogP contribution is -2.14. The molecule has 0 aliphatic rings. The second-order valence-electron chi connectivity index (χ2n) is 4.95. The summed E-state index contributed by atoms with van der Waals surface area (Å²) >= 11 is 0. The lowest BCUT2D eigenvalue weighted by Gasteiger charge is -2.12. The Labute approximate surface area is 121 Å². The fourth-order valence-corrected chi connectivity index (χ4v) is 1.94. The third-order valence-electron chi connectivity index (χ3n) is 3.13. The number of hydrogen-bond acceptors (Lipinski definition) is 3. The monoisotopic (exact) mass is 270 g/mol. The number of rotatable bonds is 6. The topological polar surface area (TPSA) is 34.2 Å². The molecule has 0 spiro atoms. The van der Waals surface area contributed by atoms with Crippen LogP contribution in [0.5, 0.6) is 5.75 Å². The third-order valence-corrected chi connectivity index (χ3v) is 3.13. The zero-order chi connectivity index (χ0) is 14.4. The molecule has 2 rings (SSSR count). The van der Waals surface area contributed by atoms with E-state index in [-0.39, 0.29) is 0 Å². The quantitative estimate of drug-likeness (QED) is 0.873. The first-order valence-corrected chi connectivity index (χ1v) is 7.04. The summed E-state index contributed by atoms with van der Waals surface area (Å²) in [5.74, 6) is 0.858. The van der Waals surface area contributed by atoms with Crippen LogP contribution in [-0.2, 0) is 13.2 Å². The highest BCUT2D eigenvalue weighted by atomic mass is 16.5. The van der Waals surface area contributed by atoms with Gasteiger partial charge in [0.25, 0.3) is 0 Å². The Kier molecular flexibility index (Phi) is 5.13. The van der Waals surface area contributed by atoms with Gasteiger partial charge in [0.05, 0.1) is 5.69 Å². The van der Waals surface area contributed by atoms with Crippen molar-refractivity contribution in [3.8, 4) is 5.75 Å². The minimum atomic E-state index is 0.574. The lowest BCUT2D eigenvalue weighted by molar-refractivity contribution is 0.300. The molecule has 0 bridgehead atoms. The molecule has 1 aromatic carbocycles. The molecule has 0 aliphatic carbocycles. The Morgan fingerprint density at radius 3 is 2.50 bits per heavy atom. The van der Waals surface area contributed by atoms with Gasteiger partial charge in [-0.3, -0.25) is 4.98 Å². The molecule has 3 heteroatoms. The van der Waals surface area contributed by atoms with E-state index in [2.05, 4.69) is 48.4 Å². The van der Waals surface area contributed by atoms with Gasteiger partial charge in [0, 0.05) is 12.2 Å². The zero-order valence-corrected chi connectivity index (χ0v) is 12.4. The molecule has 106 valence electrons. The van der Waals surface area contributed by atoms with Crippen molar-refractivity contribution in [2.24, 2.45) is 0 Å². The maximum Gasteiger partial charge on any atom is 0.142 e. The summed E-state index contributed by atoms with van der Waals surface area (Å²) in [5.41, 5.74) is 4.42. The molecule has 0 unspecified atom stereocenters. The lowest BCUT2D eigenvalue weighted by atomic mass is 10.2. The number of aromatic nitrogens is 1. The summed E-state index contributed by atoms with van der Waals surface area (Å²) in [6.07, 6.45) is 0. The van der Waals surface area contributed by atoms with Crippen LogP contribution in [0.15, 0.2) is 36.4 Å². The maximum atomic E-state index is 5.91. The Morgan fingerprint density at radius 2 is 1.80 bits per heavy atom. The van der Waals surface area contributed by atoms with Crippen molar-refractivity contribution in [1.82, 2.24) is 10.3 Å². The Hall–Kier alpha value is -1.87. The van der Waals surface area contributed by atoms with Gasteiger partial charge in [0.1, 0.15) is 12.4 Å². The summed E-state index contributed by atoms with van der Waals surface area (Å²) in [4.78, 5) is 4.55. The predicted molar refractivity (Wildman–Crippen MR) is 81.9 cm³/mol. The van der Waals surface area contributed by atoms with Gasteiger partial charge in [-0.25, -0.2) is 0 Å². The maximum absolute atomic E-state index is 5.91. The van der Waals surface area contributed by atoms with Crippen LogP contribution in [0.1, 0.15) is 29.4 Å². The van der Waals surface area contributed by atoms with Crippen molar-refractivity contribution < 1.29 is 4.74 Å². The number of hydrogen-bond donors (Lipinski definition) is 1. The third kappa shape index (κ3) is 4.07. The van der Waals surface area contributed by atoms with Crippen LogP contribution in [0.3, 0.4) is 0 Å². The van der Waals surface area contributed by atoms with Crippen LogP contribution in [0.4, 0.5) is 0 Å². The van der Waals surface area contributed by atoms with Crippen molar-refractivity contribution in [2.45, 2.75) is 33.9 Å². The van der Waals surface area contributed by atoms with Crippen LogP contribution in [-0.4, -0.2) is 11.5 Å². The molecule has 1 N–H and O–H groups in total. The van der Waals surface area contributed by atoms with Gasteiger partial charge >= 0.3 is 0 Å². The highest BCUT2D eigenvalue weighted by Gasteiger charge is 2.06. The molecule has 0 saturated heterocycles. The van der Waals surface area contributed by atoms with E-state index in [0.717, 1.165) is 30.2 Å². The highest BCUT2D eigenvalue weighted by Crippen LogP contribution is 2.18. The second-order valence-corrected chi connectivity index (χ2v) is 4.95. The molecular weight excluding hydrogens is 248 g/mol. The molecule has 0 radical (unpaired) electrons. The van der Waals surface area contributed by atoms with Crippen LogP contribution >= 0.6 is 0 Å². The van der Waals surface area contributed by atoms with E-state index >= 15 is 0 Å². The highest BCUT2D eigenvalue weighted by molar-refractivity contribution is 5.30. The second kappa shape index (κ2) is 7.06. The molecule has 3 nitrogen and oxygen atoms in total. The van der Waals surface area contributed by atoms with Gasteiger partial charge in [0.15, 0.2) is 0 Å². The Balaban J connectivity index is 2.06. The van der Waals surface area contributed by atoms with Crippen molar-refractivity contribution in [1.29, 1.82) is 0 Å². The summed E-state index contributed by atoms with van der Waals surface area (Å²) in [7, 11) is 0. The number of benzene rings is 1. The first-order chi connectivity index (χ1) is 9.69. The van der Waals surface area contributed by atoms with E-state index in [1.165, 1.54) is 11.1 Å². The largest absolute Gasteiger partial charge is 0.487 e. The SMILES string of the molecule is CCNCc1nc(C)ccc1OCc1ccc(C)cc1.